The highest BCUT2D eigenvalue weighted by molar-refractivity contribution is 8.26. The highest BCUT2D eigenvalue weighted by Gasteiger charge is 2.55. The van der Waals surface area contributed by atoms with Crippen LogP contribution in [0, 0.1) is 34.5 Å². The first-order chi connectivity index (χ1) is 14.0. The number of thiocarbonyl (C=S) groups is 1. The summed E-state index contributed by atoms with van der Waals surface area (Å²) in [6.45, 7) is 0. The Bertz CT molecular complexity index is 941. The number of thioether (sulfide) groups is 1. The van der Waals surface area contributed by atoms with Crippen molar-refractivity contribution in [3.8, 4) is 6.07 Å². The van der Waals surface area contributed by atoms with E-state index in [0.29, 0.717) is 32.5 Å². The molecule has 29 heavy (non-hydrogen) atoms. The lowest BCUT2D eigenvalue weighted by atomic mass is 9.49. The van der Waals surface area contributed by atoms with E-state index < -0.39 is 0 Å². The number of rotatable bonds is 3. The second kappa shape index (κ2) is 6.96. The molecule has 5 fully saturated rings. The maximum absolute atomic E-state index is 13.3. The van der Waals surface area contributed by atoms with E-state index in [1.807, 2.05) is 0 Å². The summed E-state index contributed by atoms with van der Waals surface area (Å²) in [6.07, 6.45) is 8.38. The summed E-state index contributed by atoms with van der Waals surface area (Å²) in [5.41, 5.74) is 3.93. The van der Waals surface area contributed by atoms with Crippen molar-refractivity contribution in [3.63, 3.8) is 0 Å². The lowest BCUT2D eigenvalue weighted by Gasteiger charge is -2.55. The molecule has 1 aromatic carbocycles. The van der Waals surface area contributed by atoms with Crippen LogP contribution >= 0.6 is 24.0 Å². The topological polar surface area (TPSA) is 73.2 Å². The molecule has 0 unspecified atom stereocenters. The molecule has 1 heterocycles. The van der Waals surface area contributed by atoms with Crippen LogP contribution in [0.3, 0.4) is 0 Å². The molecule has 1 aliphatic heterocycles. The Hall–Kier alpha value is -2.17. The van der Waals surface area contributed by atoms with Crippen molar-refractivity contribution in [2.75, 3.05) is 0 Å². The van der Waals surface area contributed by atoms with E-state index in [4.69, 9.17) is 17.5 Å². The third-order valence-electron chi connectivity index (χ3n) is 6.86. The van der Waals surface area contributed by atoms with E-state index in [9.17, 15) is 9.59 Å². The van der Waals surface area contributed by atoms with Gasteiger partial charge in [-0.3, -0.25) is 15.0 Å². The molecule has 1 saturated heterocycles. The van der Waals surface area contributed by atoms with Gasteiger partial charge in [0.2, 0.25) is 5.91 Å². The Kier molecular flexibility index (Phi) is 4.52. The predicted octanol–water partition coefficient (Wildman–Crippen LogP) is 4.01. The molecule has 0 spiro atoms. The van der Waals surface area contributed by atoms with Crippen LogP contribution in [0.25, 0.3) is 6.08 Å². The van der Waals surface area contributed by atoms with Crippen LogP contribution in [0.2, 0.25) is 0 Å². The van der Waals surface area contributed by atoms with E-state index >= 15 is 0 Å². The van der Waals surface area contributed by atoms with Crippen LogP contribution in [-0.2, 0) is 9.59 Å². The molecule has 4 saturated carbocycles. The molecule has 5 aliphatic rings. The summed E-state index contributed by atoms with van der Waals surface area (Å²) in [6, 6.07) is 9.08. The zero-order chi connectivity index (χ0) is 20.2. The lowest BCUT2D eigenvalue weighted by Crippen LogP contribution is -2.57. The van der Waals surface area contributed by atoms with Gasteiger partial charge in [-0.15, -0.1) is 0 Å². The summed E-state index contributed by atoms with van der Waals surface area (Å²) in [5.74, 6) is 1.66. The van der Waals surface area contributed by atoms with Crippen molar-refractivity contribution in [2.24, 2.45) is 23.2 Å². The summed E-state index contributed by atoms with van der Waals surface area (Å²) in [4.78, 5) is 26.6. The molecule has 0 aromatic heterocycles. The number of carbonyl (C=O) groups excluding carboxylic acids is 2. The van der Waals surface area contributed by atoms with Crippen LogP contribution in [0.1, 0.15) is 49.7 Å². The lowest BCUT2D eigenvalue weighted by molar-refractivity contribution is -0.152. The maximum atomic E-state index is 13.3. The van der Waals surface area contributed by atoms with Gasteiger partial charge in [0.25, 0.3) is 5.91 Å². The van der Waals surface area contributed by atoms with Gasteiger partial charge in [-0.05, 0) is 92.3 Å². The zero-order valence-electron chi connectivity index (χ0n) is 15.9. The highest BCUT2D eigenvalue weighted by Crippen LogP contribution is 2.60. The van der Waals surface area contributed by atoms with Crippen LogP contribution in [0.15, 0.2) is 29.2 Å². The number of hydrazine groups is 1. The number of nitrogens with zero attached hydrogens (tertiary/aromatic N) is 2. The Morgan fingerprint density at radius 1 is 1.17 bits per heavy atom. The van der Waals surface area contributed by atoms with Gasteiger partial charge in [-0.2, -0.15) is 10.3 Å². The van der Waals surface area contributed by atoms with Gasteiger partial charge in [0.15, 0.2) is 4.32 Å². The largest absolute Gasteiger partial charge is 0.285 e. The van der Waals surface area contributed by atoms with Gasteiger partial charge in [-0.25, -0.2) is 0 Å². The van der Waals surface area contributed by atoms with E-state index in [1.54, 1.807) is 30.3 Å². The Balaban J connectivity index is 1.32. The first-order valence-corrected chi connectivity index (χ1v) is 11.3. The summed E-state index contributed by atoms with van der Waals surface area (Å²) in [5, 5.41) is 10.2. The summed E-state index contributed by atoms with van der Waals surface area (Å²) < 4.78 is 0.355. The third-order valence-corrected chi connectivity index (χ3v) is 8.17. The molecular weight excluding hydrogens is 402 g/mol. The van der Waals surface area contributed by atoms with Gasteiger partial charge < -0.3 is 0 Å². The standard InChI is InChI=1S/C22H21N3O2S2/c23-12-14-3-1-13(2-4-14)8-18-19(26)25(21(28)29-18)24-20(27)22-9-15-5-16(10-22)7-17(6-15)11-22/h1-4,8,15-17H,5-7,9-11H2,(H,24,27)/b18-8+. The van der Waals surface area contributed by atoms with E-state index in [2.05, 4.69) is 11.5 Å². The van der Waals surface area contributed by atoms with Crippen LogP contribution in [0.5, 0.6) is 0 Å². The number of carbonyl (C=O) groups is 2. The van der Waals surface area contributed by atoms with Crippen molar-refractivity contribution in [3.05, 3.63) is 40.3 Å². The number of nitrogens with one attached hydrogen (secondary N) is 1. The maximum Gasteiger partial charge on any atom is 0.285 e. The second-order valence-electron chi connectivity index (χ2n) is 8.89. The van der Waals surface area contributed by atoms with Crippen molar-refractivity contribution >= 4 is 46.2 Å². The fourth-order valence-electron chi connectivity index (χ4n) is 5.98. The van der Waals surface area contributed by atoms with Gasteiger partial charge >= 0.3 is 0 Å². The minimum absolute atomic E-state index is 0.0347. The van der Waals surface area contributed by atoms with Crippen LogP contribution in [-0.4, -0.2) is 21.1 Å². The van der Waals surface area contributed by atoms with E-state index in [0.717, 1.165) is 24.8 Å². The third kappa shape index (κ3) is 3.28. The smallest absolute Gasteiger partial charge is 0.273 e. The normalized spacial score (nSPS) is 34.0. The highest BCUT2D eigenvalue weighted by atomic mass is 32.2. The van der Waals surface area contributed by atoms with Gasteiger partial charge in [0.05, 0.1) is 22.0 Å². The van der Waals surface area contributed by atoms with Crippen molar-refractivity contribution in [1.82, 2.24) is 10.4 Å². The van der Waals surface area contributed by atoms with E-state index in [1.165, 1.54) is 36.0 Å². The fraction of sp³-hybridized carbons (Fsp3) is 0.455. The second-order valence-corrected chi connectivity index (χ2v) is 10.6. The van der Waals surface area contributed by atoms with Gasteiger partial charge in [0.1, 0.15) is 0 Å². The first kappa shape index (κ1) is 18.8. The molecule has 2 amide bonds. The average molecular weight is 424 g/mol. The van der Waals surface area contributed by atoms with Crippen molar-refractivity contribution < 1.29 is 9.59 Å². The molecule has 0 radical (unpaired) electrons. The Morgan fingerprint density at radius 3 is 2.31 bits per heavy atom. The van der Waals surface area contributed by atoms with Crippen molar-refractivity contribution in [1.29, 1.82) is 5.26 Å². The number of hydrogen-bond acceptors (Lipinski definition) is 5. The number of hydrogen-bond donors (Lipinski definition) is 1. The molecule has 5 nitrogen and oxygen atoms in total. The molecule has 1 N–H and O–H groups in total. The van der Waals surface area contributed by atoms with Crippen molar-refractivity contribution in [2.45, 2.75) is 38.5 Å². The molecule has 148 valence electrons. The van der Waals surface area contributed by atoms with Crippen LogP contribution < -0.4 is 5.43 Å². The van der Waals surface area contributed by atoms with Gasteiger partial charge in [-0.1, -0.05) is 23.9 Å². The number of nitriles is 1. The average Bonchev–Trinajstić information content (AvgIpc) is 2.95. The Morgan fingerprint density at radius 2 is 1.76 bits per heavy atom. The molecule has 4 bridgehead atoms. The number of benzene rings is 1. The first-order valence-electron chi connectivity index (χ1n) is 10.0. The SMILES string of the molecule is N#Cc1ccc(/C=C2/SC(=S)N(NC(=O)C34CC5CC(CC(C5)C3)C4)C2=O)cc1. The van der Waals surface area contributed by atoms with Gasteiger partial charge in [0, 0.05) is 0 Å². The predicted molar refractivity (Wildman–Crippen MR) is 115 cm³/mol. The number of amides is 2. The molecule has 4 aliphatic carbocycles. The summed E-state index contributed by atoms with van der Waals surface area (Å²) >= 11 is 6.58. The summed E-state index contributed by atoms with van der Waals surface area (Å²) in [7, 11) is 0. The Labute approximate surface area is 179 Å². The minimum atomic E-state index is -0.325. The zero-order valence-corrected chi connectivity index (χ0v) is 17.5. The molecule has 1 aromatic rings. The van der Waals surface area contributed by atoms with E-state index in [-0.39, 0.29) is 17.2 Å². The monoisotopic (exact) mass is 423 g/mol. The molecule has 0 atom stereocenters. The van der Waals surface area contributed by atoms with Crippen LogP contribution in [0.4, 0.5) is 0 Å². The molecule has 6 rings (SSSR count). The minimum Gasteiger partial charge on any atom is -0.273 e. The quantitative estimate of drug-likeness (QED) is 0.587. The molecule has 7 heteroatoms. The fourth-order valence-corrected chi connectivity index (χ4v) is 7.16. The molecular formula is C22H21N3O2S2.